The third kappa shape index (κ3) is 4.09. The summed E-state index contributed by atoms with van der Waals surface area (Å²) in [6, 6.07) is 6.93. The number of rotatable bonds is 5. The Morgan fingerprint density at radius 2 is 1.96 bits per heavy atom. The largest absolute Gasteiger partial charge is 0.376 e. The summed E-state index contributed by atoms with van der Waals surface area (Å²) in [7, 11) is 0. The molecule has 0 bridgehead atoms. The molecule has 0 unspecified atom stereocenters. The SMILES string of the molecule is O=C(Nc1sc2c(c1C(=O)NC[C@@H]1CCCO1)CCCC2)c1ccccc1Cl. The highest BCUT2D eigenvalue weighted by Crippen LogP contribution is 2.38. The second-order valence-electron chi connectivity index (χ2n) is 7.19. The van der Waals surface area contributed by atoms with Crippen LogP contribution in [0.1, 0.15) is 56.8 Å². The van der Waals surface area contributed by atoms with Crippen LogP contribution < -0.4 is 10.6 Å². The molecule has 0 saturated carbocycles. The minimum atomic E-state index is -0.294. The van der Waals surface area contributed by atoms with Crippen molar-refractivity contribution >= 4 is 39.8 Å². The number of fused-ring (bicyclic) bond motifs is 1. The summed E-state index contributed by atoms with van der Waals surface area (Å²) in [5, 5.41) is 6.95. The van der Waals surface area contributed by atoms with Gasteiger partial charge in [-0.15, -0.1) is 11.3 Å². The van der Waals surface area contributed by atoms with E-state index in [0.717, 1.165) is 50.7 Å². The van der Waals surface area contributed by atoms with Gasteiger partial charge in [0, 0.05) is 18.0 Å². The van der Waals surface area contributed by atoms with E-state index in [1.54, 1.807) is 24.3 Å². The predicted octanol–water partition coefficient (Wildman–Crippen LogP) is 4.44. The summed E-state index contributed by atoms with van der Waals surface area (Å²) in [4.78, 5) is 26.9. The number of aryl methyl sites for hydroxylation is 1. The van der Waals surface area contributed by atoms with Crippen LogP contribution in [0.3, 0.4) is 0 Å². The molecule has 1 aromatic carbocycles. The lowest BCUT2D eigenvalue weighted by Gasteiger charge is -2.15. The lowest BCUT2D eigenvalue weighted by molar-refractivity contribution is 0.0858. The van der Waals surface area contributed by atoms with Crippen molar-refractivity contribution in [2.24, 2.45) is 0 Å². The first-order valence-electron chi connectivity index (χ1n) is 9.73. The van der Waals surface area contributed by atoms with Crippen molar-refractivity contribution in [3.8, 4) is 0 Å². The quantitative estimate of drug-likeness (QED) is 0.754. The van der Waals surface area contributed by atoms with Gasteiger partial charge in [-0.25, -0.2) is 0 Å². The number of nitrogens with one attached hydrogen (secondary N) is 2. The topological polar surface area (TPSA) is 67.4 Å². The van der Waals surface area contributed by atoms with E-state index in [9.17, 15) is 9.59 Å². The van der Waals surface area contributed by atoms with Gasteiger partial charge in [-0.3, -0.25) is 9.59 Å². The molecule has 1 saturated heterocycles. The van der Waals surface area contributed by atoms with Crippen LogP contribution in [0, 0.1) is 0 Å². The number of hydrogen-bond acceptors (Lipinski definition) is 4. The highest BCUT2D eigenvalue weighted by molar-refractivity contribution is 7.17. The van der Waals surface area contributed by atoms with Crippen LogP contribution in [0.15, 0.2) is 24.3 Å². The fourth-order valence-electron chi connectivity index (χ4n) is 3.81. The van der Waals surface area contributed by atoms with Gasteiger partial charge < -0.3 is 15.4 Å². The van der Waals surface area contributed by atoms with E-state index in [1.165, 1.54) is 16.2 Å². The second-order valence-corrected chi connectivity index (χ2v) is 8.71. The number of anilines is 1. The van der Waals surface area contributed by atoms with E-state index in [2.05, 4.69) is 10.6 Å². The molecule has 1 fully saturated rings. The Morgan fingerprint density at radius 3 is 2.75 bits per heavy atom. The molecule has 2 aromatic rings. The third-order valence-electron chi connectivity index (χ3n) is 5.26. The molecular formula is C21H23ClN2O3S. The maximum absolute atomic E-state index is 13.0. The molecule has 0 spiro atoms. The lowest BCUT2D eigenvalue weighted by atomic mass is 9.95. The van der Waals surface area contributed by atoms with Crippen LogP contribution in [0.2, 0.25) is 5.02 Å². The summed E-state index contributed by atoms with van der Waals surface area (Å²) in [5.74, 6) is -0.429. The van der Waals surface area contributed by atoms with Gasteiger partial charge in [0.1, 0.15) is 5.00 Å². The average Bonchev–Trinajstić information content (AvgIpc) is 3.33. The zero-order valence-corrected chi connectivity index (χ0v) is 17.1. The van der Waals surface area contributed by atoms with Crippen LogP contribution in [0.25, 0.3) is 0 Å². The fraction of sp³-hybridized carbons (Fsp3) is 0.429. The first-order chi connectivity index (χ1) is 13.6. The minimum Gasteiger partial charge on any atom is -0.376 e. The molecular weight excluding hydrogens is 396 g/mol. The molecule has 2 heterocycles. The number of benzene rings is 1. The van der Waals surface area contributed by atoms with E-state index in [-0.39, 0.29) is 17.9 Å². The molecule has 0 radical (unpaired) electrons. The van der Waals surface area contributed by atoms with E-state index in [0.29, 0.717) is 27.7 Å². The Labute approximate surface area is 173 Å². The third-order valence-corrected chi connectivity index (χ3v) is 6.80. The van der Waals surface area contributed by atoms with Crippen molar-refractivity contribution in [3.63, 3.8) is 0 Å². The first kappa shape index (κ1) is 19.4. The molecule has 1 aliphatic carbocycles. The molecule has 7 heteroatoms. The van der Waals surface area contributed by atoms with E-state index in [1.807, 2.05) is 0 Å². The zero-order valence-electron chi connectivity index (χ0n) is 15.6. The summed E-state index contributed by atoms with van der Waals surface area (Å²) >= 11 is 7.67. The predicted molar refractivity (Wildman–Crippen MR) is 112 cm³/mol. The molecule has 148 valence electrons. The van der Waals surface area contributed by atoms with Crippen LogP contribution in [-0.2, 0) is 17.6 Å². The van der Waals surface area contributed by atoms with Gasteiger partial charge in [0.25, 0.3) is 11.8 Å². The maximum Gasteiger partial charge on any atom is 0.257 e. The first-order valence-corrected chi connectivity index (χ1v) is 10.9. The van der Waals surface area contributed by atoms with Crippen LogP contribution in [0.5, 0.6) is 0 Å². The van der Waals surface area contributed by atoms with Crippen LogP contribution in [0.4, 0.5) is 5.00 Å². The number of carbonyl (C=O) groups is 2. The molecule has 28 heavy (non-hydrogen) atoms. The maximum atomic E-state index is 13.0. The second kappa shape index (κ2) is 8.64. The fourth-order valence-corrected chi connectivity index (χ4v) is 5.31. The molecule has 5 nitrogen and oxygen atoms in total. The van der Waals surface area contributed by atoms with Crippen LogP contribution in [-0.4, -0.2) is 31.1 Å². The zero-order chi connectivity index (χ0) is 19.5. The van der Waals surface area contributed by atoms with Crippen molar-refractivity contribution in [2.45, 2.75) is 44.6 Å². The molecule has 2 aliphatic rings. The van der Waals surface area contributed by atoms with Crippen molar-refractivity contribution in [1.82, 2.24) is 5.32 Å². The normalized spacial score (nSPS) is 18.5. The van der Waals surface area contributed by atoms with Gasteiger partial charge in [0.15, 0.2) is 0 Å². The smallest absolute Gasteiger partial charge is 0.257 e. The van der Waals surface area contributed by atoms with Crippen molar-refractivity contribution in [3.05, 3.63) is 50.9 Å². The van der Waals surface area contributed by atoms with E-state index < -0.39 is 0 Å². The molecule has 4 rings (SSSR count). The number of halogens is 1. The van der Waals surface area contributed by atoms with Gasteiger partial charge in [0.05, 0.1) is 22.3 Å². The number of thiophene rings is 1. The monoisotopic (exact) mass is 418 g/mol. The summed E-state index contributed by atoms with van der Waals surface area (Å²) in [6.45, 7) is 1.26. The Hall–Kier alpha value is -1.89. The van der Waals surface area contributed by atoms with Gasteiger partial charge in [-0.2, -0.15) is 0 Å². The average molecular weight is 419 g/mol. The van der Waals surface area contributed by atoms with Gasteiger partial charge >= 0.3 is 0 Å². The number of ether oxygens (including phenoxy) is 1. The van der Waals surface area contributed by atoms with Crippen molar-refractivity contribution in [1.29, 1.82) is 0 Å². The Balaban J connectivity index is 1.57. The Kier molecular flexibility index (Phi) is 5.99. The molecule has 2 amide bonds. The highest BCUT2D eigenvalue weighted by atomic mass is 35.5. The Morgan fingerprint density at radius 1 is 1.14 bits per heavy atom. The highest BCUT2D eigenvalue weighted by Gasteiger charge is 2.27. The Bertz CT molecular complexity index is 890. The summed E-state index contributed by atoms with van der Waals surface area (Å²) < 4.78 is 5.60. The molecule has 1 atom stereocenters. The summed E-state index contributed by atoms with van der Waals surface area (Å²) in [6.07, 6.45) is 6.09. The molecule has 1 aliphatic heterocycles. The van der Waals surface area contributed by atoms with Gasteiger partial charge in [0.2, 0.25) is 0 Å². The summed E-state index contributed by atoms with van der Waals surface area (Å²) in [5.41, 5.74) is 2.09. The van der Waals surface area contributed by atoms with E-state index >= 15 is 0 Å². The van der Waals surface area contributed by atoms with Gasteiger partial charge in [-0.05, 0) is 56.2 Å². The number of amides is 2. The number of carbonyl (C=O) groups excluding carboxylic acids is 2. The number of hydrogen-bond donors (Lipinski definition) is 2. The van der Waals surface area contributed by atoms with Gasteiger partial charge in [-0.1, -0.05) is 23.7 Å². The lowest BCUT2D eigenvalue weighted by Crippen LogP contribution is -2.32. The van der Waals surface area contributed by atoms with Crippen molar-refractivity contribution in [2.75, 3.05) is 18.5 Å². The molecule has 1 aromatic heterocycles. The van der Waals surface area contributed by atoms with Crippen LogP contribution >= 0.6 is 22.9 Å². The van der Waals surface area contributed by atoms with Crippen molar-refractivity contribution < 1.29 is 14.3 Å². The molecule has 2 N–H and O–H groups in total. The standard InChI is InChI=1S/C21H23ClN2O3S/c22-16-9-3-1-7-14(16)19(25)24-21-18(15-8-2-4-10-17(15)28-21)20(26)23-12-13-6-5-11-27-13/h1,3,7,9,13H,2,4-6,8,10-12H2,(H,23,26)(H,24,25)/t13-/m0/s1. The van der Waals surface area contributed by atoms with E-state index in [4.69, 9.17) is 16.3 Å². The minimum absolute atomic E-state index is 0.0829.